The van der Waals surface area contributed by atoms with Crippen LogP contribution < -0.4 is 10.1 Å². The molecule has 2 rings (SSSR count). The number of carbonyl (C=O) groups excluding carboxylic acids is 2. The summed E-state index contributed by atoms with van der Waals surface area (Å²) in [6.07, 6.45) is 0.805. The molecular formula is C23H28Cl2N2O3. The van der Waals surface area contributed by atoms with Crippen LogP contribution >= 0.6 is 23.2 Å². The third-order valence-corrected chi connectivity index (χ3v) is 5.56. The Morgan fingerprint density at radius 3 is 2.50 bits per heavy atom. The van der Waals surface area contributed by atoms with Crippen LogP contribution in [0, 0.1) is 6.92 Å². The maximum atomic E-state index is 13.0. The lowest BCUT2D eigenvalue weighted by atomic mass is 10.1. The highest BCUT2D eigenvalue weighted by atomic mass is 35.5. The van der Waals surface area contributed by atoms with Crippen molar-refractivity contribution in [3.05, 3.63) is 63.6 Å². The van der Waals surface area contributed by atoms with Crippen molar-refractivity contribution in [3.63, 3.8) is 0 Å². The van der Waals surface area contributed by atoms with Crippen molar-refractivity contribution in [2.75, 3.05) is 6.61 Å². The predicted molar refractivity (Wildman–Crippen MR) is 121 cm³/mol. The van der Waals surface area contributed by atoms with E-state index in [1.165, 1.54) is 4.90 Å². The maximum absolute atomic E-state index is 13.0. The number of rotatable bonds is 9. The summed E-state index contributed by atoms with van der Waals surface area (Å²) in [6, 6.07) is 11.8. The molecule has 0 saturated carbocycles. The number of hydrogen-bond donors (Lipinski definition) is 1. The number of amides is 2. The van der Waals surface area contributed by atoms with Crippen molar-refractivity contribution in [3.8, 4) is 5.75 Å². The van der Waals surface area contributed by atoms with Gasteiger partial charge < -0.3 is 15.0 Å². The average molecular weight is 451 g/mol. The number of nitrogens with one attached hydrogen (secondary N) is 1. The molecule has 0 aliphatic heterocycles. The zero-order valence-electron chi connectivity index (χ0n) is 17.7. The highest BCUT2D eigenvalue weighted by Crippen LogP contribution is 2.21. The van der Waals surface area contributed by atoms with Crippen LogP contribution in [-0.4, -0.2) is 35.4 Å². The molecule has 0 aliphatic carbocycles. The lowest BCUT2D eigenvalue weighted by molar-refractivity contribution is -0.142. The molecule has 0 aliphatic rings. The molecule has 30 heavy (non-hydrogen) atoms. The zero-order chi connectivity index (χ0) is 22.3. The lowest BCUT2D eigenvalue weighted by Crippen LogP contribution is -2.50. The smallest absolute Gasteiger partial charge is 0.261 e. The Labute approximate surface area is 188 Å². The minimum Gasteiger partial charge on any atom is -0.484 e. The molecule has 0 fully saturated rings. The molecule has 2 amide bonds. The fraction of sp³-hybridized carbons (Fsp3) is 0.391. The lowest BCUT2D eigenvalue weighted by Gasteiger charge is -2.29. The molecule has 0 spiro atoms. The van der Waals surface area contributed by atoms with Crippen LogP contribution in [0.1, 0.15) is 38.3 Å². The predicted octanol–water partition coefficient (Wildman–Crippen LogP) is 5.01. The molecule has 2 aromatic carbocycles. The van der Waals surface area contributed by atoms with Gasteiger partial charge in [-0.15, -0.1) is 0 Å². The molecule has 7 heteroatoms. The van der Waals surface area contributed by atoms with Gasteiger partial charge in [0.1, 0.15) is 11.8 Å². The Morgan fingerprint density at radius 1 is 1.13 bits per heavy atom. The third kappa shape index (κ3) is 6.92. The van der Waals surface area contributed by atoms with Gasteiger partial charge in [-0.25, -0.2) is 0 Å². The second-order valence-corrected chi connectivity index (χ2v) is 8.19. The van der Waals surface area contributed by atoms with Crippen LogP contribution in [0.25, 0.3) is 0 Å². The standard InChI is InChI=1S/C23H28Cl2N2O3/c1-5-16(3)26-23(29)17(4)27(13-18-7-6-8-19(24)12-18)22(28)14-30-20-9-10-21(25)15(2)11-20/h6-12,16-17H,5,13-14H2,1-4H3,(H,26,29). The molecule has 162 valence electrons. The normalized spacial score (nSPS) is 12.7. The number of carbonyl (C=O) groups is 2. The number of aryl methyl sites for hydroxylation is 1. The average Bonchev–Trinajstić information content (AvgIpc) is 2.72. The van der Waals surface area contributed by atoms with E-state index in [1.54, 1.807) is 37.3 Å². The van der Waals surface area contributed by atoms with Crippen molar-refractivity contribution in [2.24, 2.45) is 0 Å². The fourth-order valence-electron chi connectivity index (χ4n) is 2.82. The fourth-order valence-corrected chi connectivity index (χ4v) is 3.15. The number of halogens is 2. The van der Waals surface area contributed by atoms with Crippen LogP contribution in [0.2, 0.25) is 10.0 Å². The minimum absolute atomic E-state index is 0.0244. The molecule has 0 aromatic heterocycles. The van der Waals surface area contributed by atoms with E-state index < -0.39 is 6.04 Å². The second kappa shape index (κ2) is 11.2. The van der Waals surface area contributed by atoms with E-state index in [-0.39, 0.29) is 31.0 Å². The van der Waals surface area contributed by atoms with Crippen molar-refractivity contribution in [1.29, 1.82) is 0 Å². The SMILES string of the molecule is CCC(C)NC(=O)C(C)N(Cc1cccc(Cl)c1)C(=O)COc1ccc(Cl)c(C)c1. The van der Waals surface area contributed by atoms with Crippen LogP contribution in [0.4, 0.5) is 0 Å². The van der Waals surface area contributed by atoms with Crippen LogP contribution in [-0.2, 0) is 16.1 Å². The van der Waals surface area contributed by atoms with E-state index in [0.717, 1.165) is 17.5 Å². The molecule has 2 aromatic rings. The summed E-state index contributed by atoms with van der Waals surface area (Å²) in [4.78, 5) is 27.2. The first-order valence-electron chi connectivity index (χ1n) is 9.94. The number of ether oxygens (including phenoxy) is 1. The summed E-state index contributed by atoms with van der Waals surface area (Å²) < 4.78 is 5.67. The van der Waals surface area contributed by atoms with Crippen LogP contribution in [0.5, 0.6) is 5.75 Å². The third-order valence-electron chi connectivity index (χ3n) is 4.90. The van der Waals surface area contributed by atoms with Crippen molar-refractivity contribution in [2.45, 2.75) is 52.7 Å². The number of benzene rings is 2. The van der Waals surface area contributed by atoms with E-state index in [2.05, 4.69) is 5.32 Å². The van der Waals surface area contributed by atoms with E-state index in [0.29, 0.717) is 15.8 Å². The Bertz CT molecular complexity index is 889. The summed E-state index contributed by atoms with van der Waals surface area (Å²) in [7, 11) is 0. The maximum Gasteiger partial charge on any atom is 0.261 e. The Hall–Kier alpha value is -2.24. The summed E-state index contributed by atoms with van der Waals surface area (Å²) in [5.74, 6) is 0.0427. The molecule has 2 atom stereocenters. The first-order chi connectivity index (χ1) is 14.2. The van der Waals surface area contributed by atoms with Gasteiger partial charge in [0, 0.05) is 22.6 Å². The molecule has 2 unspecified atom stereocenters. The van der Waals surface area contributed by atoms with E-state index in [4.69, 9.17) is 27.9 Å². The number of nitrogens with zero attached hydrogens (tertiary/aromatic N) is 1. The zero-order valence-corrected chi connectivity index (χ0v) is 19.3. The topological polar surface area (TPSA) is 58.6 Å². The molecular weight excluding hydrogens is 423 g/mol. The molecule has 0 heterocycles. The van der Waals surface area contributed by atoms with Gasteiger partial charge in [-0.1, -0.05) is 42.3 Å². The monoisotopic (exact) mass is 450 g/mol. The largest absolute Gasteiger partial charge is 0.484 e. The van der Waals surface area contributed by atoms with Gasteiger partial charge in [-0.3, -0.25) is 9.59 Å². The Balaban J connectivity index is 2.16. The van der Waals surface area contributed by atoms with Gasteiger partial charge in [0.15, 0.2) is 6.61 Å². The van der Waals surface area contributed by atoms with Gasteiger partial charge in [0.2, 0.25) is 5.91 Å². The Kier molecular flexibility index (Phi) is 9.00. The van der Waals surface area contributed by atoms with Gasteiger partial charge in [0.25, 0.3) is 5.91 Å². The summed E-state index contributed by atoms with van der Waals surface area (Å²) in [6.45, 7) is 7.56. The van der Waals surface area contributed by atoms with E-state index in [1.807, 2.05) is 32.9 Å². The Morgan fingerprint density at radius 2 is 1.87 bits per heavy atom. The minimum atomic E-state index is -0.666. The van der Waals surface area contributed by atoms with Crippen molar-refractivity contribution < 1.29 is 14.3 Å². The van der Waals surface area contributed by atoms with Gasteiger partial charge >= 0.3 is 0 Å². The molecule has 0 saturated heterocycles. The summed E-state index contributed by atoms with van der Waals surface area (Å²) in [5.41, 5.74) is 1.69. The van der Waals surface area contributed by atoms with Crippen LogP contribution in [0.15, 0.2) is 42.5 Å². The van der Waals surface area contributed by atoms with E-state index in [9.17, 15) is 9.59 Å². The van der Waals surface area contributed by atoms with Crippen molar-refractivity contribution in [1.82, 2.24) is 10.2 Å². The highest BCUT2D eigenvalue weighted by molar-refractivity contribution is 6.31. The first kappa shape index (κ1) is 24.0. The second-order valence-electron chi connectivity index (χ2n) is 7.35. The molecule has 0 bridgehead atoms. The molecule has 0 radical (unpaired) electrons. The summed E-state index contributed by atoms with van der Waals surface area (Å²) >= 11 is 12.1. The first-order valence-corrected chi connectivity index (χ1v) is 10.7. The molecule has 1 N–H and O–H groups in total. The molecule has 5 nitrogen and oxygen atoms in total. The van der Waals surface area contributed by atoms with Crippen LogP contribution in [0.3, 0.4) is 0 Å². The van der Waals surface area contributed by atoms with Gasteiger partial charge in [-0.2, -0.15) is 0 Å². The number of hydrogen-bond acceptors (Lipinski definition) is 3. The summed E-state index contributed by atoms with van der Waals surface area (Å²) in [5, 5.41) is 4.14. The van der Waals surface area contributed by atoms with Gasteiger partial charge in [-0.05, 0) is 68.7 Å². The van der Waals surface area contributed by atoms with E-state index >= 15 is 0 Å². The highest BCUT2D eigenvalue weighted by Gasteiger charge is 2.27. The quantitative estimate of drug-likeness (QED) is 0.583. The van der Waals surface area contributed by atoms with Gasteiger partial charge in [0.05, 0.1) is 0 Å². The van der Waals surface area contributed by atoms with Crippen molar-refractivity contribution >= 4 is 35.0 Å².